The lowest BCUT2D eigenvalue weighted by Crippen LogP contribution is -2.60. The Labute approximate surface area is 203 Å². The molecule has 5 atom stereocenters. The summed E-state index contributed by atoms with van der Waals surface area (Å²) in [5.41, 5.74) is 2.45. The Hall–Kier alpha value is -2.26. The maximum Gasteiger partial charge on any atom is 0.238 e. The van der Waals surface area contributed by atoms with E-state index in [0.29, 0.717) is 12.2 Å². The van der Waals surface area contributed by atoms with Crippen molar-refractivity contribution in [3.05, 3.63) is 41.1 Å². The molecule has 35 heavy (non-hydrogen) atoms. The quantitative estimate of drug-likeness (QED) is 0.208. The summed E-state index contributed by atoms with van der Waals surface area (Å²) in [6.07, 6.45) is -5.52. The number of sulfonamides is 1. The Bertz CT molecular complexity index is 1060. The first-order chi connectivity index (χ1) is 16.5. The van der Waals surface area contributed by atoms with Crippen molar-refractivity contribution in [2.24, 2.45) is 0 Å². The highest BCUT2D eigenvalue weighted by Gasteiger charge is 2.45. The molecule has 0 spiro atoms. The van der Waals surface area contributed by atoms with E-state index in [0.717, 1.165) is 23.1 Å². The molecule has 1 aromatic heterocycles. The van der Waals surface area contributed by atoms with Crippen LogP contribution in [0.3, 0.4) is 0 Å². The highest BCUT2D eigenvalue weighted by Crippen LogP contribution is 2.31. The molecule has 6 N–H and O–H groups in total. The summed E-state index contributed by atoms with van der Waals surface area (Å²) in [5, 5.41) is 46.9. The lowest BCUT2D eigenvalue weighted by molar-refractivity contribution is -0.278. The Morgan fingerprint density at radius 3 is 2.43 bits per heavy atom. The van der Waals surface area contributed by atoms with Crippen LogP contribution in [0, 0.1) is 0 Å². The molecule has 1 saturated heterocycles. The predicted molar refractivity (Wildman–Crippen MR) is 125 cm³/mol. The molecule has 1 aromatic carbocycles. The fourth-order valence-electron chi connectivity index (χ4n) is 3.69. The fraction of sp³-hybridized carbons (Fsp3) is 0.591. The molecule has 0 aliphatic carbocycles. The maximum absolute atomic E-state index is 11.1. The third-order valence-electron chi connectivity index (χ3n) is 5.55. The first-order valence-corrected chi connectivity index (χ1v) is 13.1. The van der Waals surface area contributed by atoms with Gasteiger partial charge in [0, 0.05) is 24.2 Å². The van der Waals surface area contributed by atoms with Crippen LogP contribution in [0.5, 0.6) is 11.6 Å². The third-order valence-corrected chi connectivity index (χ3v) is 6.28. The molecule has 1 aliphatic heterocycles. The summed E-state index contributed by atoms with van der Waals surface area (Å²) < 4.78 is 41.4. The first kappa shape index (κ1) is 27.3. The standard InChI is InChI=1S/C22H33N3O9S/c1-12(2)17-15(10-13-4-6-14(7-5-13)32-9-8-23-35(3,30)31)21(25-24-17)34-22-20(29)19(28)18(27)16(11-26)33-22/h4-7,12,16,18-20,22-23,26-29H,8-11H2,1-3H3,(H,24,25)/t16-,18-,19+,20-,22+/m1/s1. The van der Waals surface area contributed by atoms with Gasteiger partial charge in [-0.1, -0.05) is 26.0 Å². The number of aliphatic hydroxyl groups excluding tert-OH is 4. The number of nitrogens with one attached hydrogen (secondary N) is 2. The van der Waals surface area contributed by atoms with Gasteiger partial charge in [0.05, 0.1) is 12.9 Å². The lowest BCUT2D eigenvalue weighted by Gasteiger charge is -2.39. The average Bonchev–Trinajstić information content (AvgIpc) is 3.19. The van der Waals surface area contributed by atoms with E-state index in [1.165, 1.54) is 0 Å². The van der Waals surface area contributed by atoms with E-state index in [1.54, 1.807) is 12.1 Å². The number of ether oxygens (including phenoxy) is 3. The largest absolute Gasteiger partial charge is 0.492 e. The Balaban J connectivity index is 1.71. The van der Waals surface area contributed by atoms with Crippen LogP contribution < -0.4 is 14.2 Å². The molecule has 2 heterocycles. The zero-order chi connectivity index (χ0) is 25.8. The Kier molecular flexibility index (Phi) is 9.10. The number of H-pyrrole nitrogens is 1. The maximum atomic E-state index is 11.1. The van der Waals surface area contributed by atoms with E-state index in [9.17, 15) is 28.8 Å². The molecular formula is C22H33N3O9S. The first-order valence-electron chi connectivity index (χ1n) is 11.2. The van der Waals surface area contributed by atoms with Crippen molar-refractivity contribution >= 4 is 10.0 Å². The smallest absolute Gasteiger partial charge is 0.238 e. The van der Waals surface area contributed by atoms with Crippen molar-refractivity contribution < 1.29 is 43.1 Å². The number of aromatic nitrogens is 2. The van der Waals surface area contributed by atoms with Crippen LogP contribution in [0.25, 0.3) is 0 Å². The number of benzene rings is 1. The minimum Gasteiger partial charge on any atom is -0.492 e. The van der Waals surface area contributed by atoms with Gasteiger partial charge in [-0.15, -0.1) is 5.10 Å². The second kappa shape index (κ2) is 11.6. The Morgan fingerprint density at radius 1 is 1.14 bits per heavy atom. The number of aliphatic hydroxyl groups is 4. The monoisotopic (exact) mass is 515 g/mol. The minimum atomic E-state index is -3.27. The van der Waals surface area contributed by atoms with E-state index >= 15 is 0 Å². The van der Waals surface area contributed by atoms with Crippen molar-refractivity contribution in [2.45, 2.75) is 56.9 Å². The fourth-order valence-corrected chi connectivity index (χ4v) is 4.14. The number of aromatic amines is 1. The molecule has 2 aromatic rings. The lowest BCUT2D eigenvalue weighted by atomic mass is 9.98. The molecule has 0 unspecified atom stereocenters. The van der Waals surface area contributed by atoms with E-state index in [2.05, 4.69) is 14.9 Å². The normalized spacial score (nSPS) is 25.1. The molecule has 1 aliphatic rings. The molecule has 12 nitrogen and oxygen atoms in total. The molecule has 0 saturated carbocycles. The number of rotatable bonds is 11. The van der Waals surface area contributed by atoms with Crippen LogP contribution in [0.15, 0.2) is 24.3 Å². The zero-order valence-electron chi connectivity index (χ0n) is 19.8. The van der Waals surface area contributed by atoms with E-state index < -0.39 is 47.3 Å². The highest BCUT2D eigenvalue weighted by atomic mass is 32.2. The van der Waals surface area contributed by atoms with Gasteiger partial charge >= 0.3 is 0 Å². The van der Waals surface area contributed by atoms with Crippen LogP contribution in [-0.4, -0.2) is 95.8 Å². The van der Waals surface area contributed by atoms with Crippen LogP contribution in [-0.2, 0) is 21.2 Å². The van der Waals surface area contributed by atoms with Gasteiger partial charge < -0.3 is 34.6 Å². The summed E-state index contributed by atoms with van der Waals surface area (Å²) in [6.45, 7) is 3.75. The van der Waals surface area contributed by atoms with E-state index in [-0.39, 0.29) is 24.9 Å². The number of nitrogens with zero attached hydrogens (tertiary/aromatic N) is 1. The molecule has 0 bridgehead atoms. The van der Waals surface area contributed by atoms with Gasteiger partial charge in [0.1, 0.15) is 36.8 Å². The summed E-state index contributed by atoms with van der Waals surface area (Å²) in [4.78, 5) is 0. The van der Waals surface area contributed by atoms with E-state index in [4.69, 9.17) is 14.2 Å². The van der Waals surface area contributed by atoms with Crippen LogP contribution >= 0.6 is 0 Å². The zero-order valence-corrected chi connectivity index (χ0v) is 20.6. The molecule has 0 radical (unpaired) electrons. The predicted octanol–water partition coefficient (Wildman–Crippen LogP) is -0.769. The van der Waals surface area contributed by atoms with Gasteiger partial charge in [0.2, 0.25) is 22.2 Å². The molecular weight excluding hydrogens is 482 g/mol. The molecule has 0 amide bonds. The number of hydrogen-bond acceptors (Lipinski definition) is 10. The van der Waals surface area contributed by atoms with Crippen LogP contribution in [0.2, 0.25) is 0 Å². The van der Waals surface area contributed by atoms with Crippen molar-refractivity contribution in [3.63, 3.8) is 0 Å². The van der Waals surface area contributed by atoms with Crippen LogP contribution in [0.1, 0.15) is 36.6 Å². The highest BCUT2D eigenvalue weighted by molar-refractivity contribution is 7.88. The summed E-state index contributed by atoms with van der Waals surface area (Å²) in [7, 11) is -3.27. The molecule has 3 rings (SSSR count). The van der Waals surface area contributed by atoms with Gasteiger partial charge in [-0.25, -0.2) is 13.1 Å². The van der Waals surface area contributed by atoms with Gasteiger partial charge in [0.25, 0.3) is 0 Å². The molecule has 1 fully saturated rings. The Morgan fingerprint density at radius 2 is 1.83 bits per heavy atom. The van der Waals surface area contributed by atoms with Crippen molar-refractivity contribution in [1.82, 2.24) is 14.9 Å². The minimum absolute atomic E-state index is 0.0783. The average molecular weight is 516 g/mol. The van der Waals surface area contributed by atoms with Gasteiger partial charge in [0.15, 0.2) is 0 Å². The number of hydrogen-bond donors (Lipinski definition) is 6. The second-order valence-corrected chi connectivity index (χ2v) is 10.6. The summed E-state index contributed by atoms with van der Waals surface area (Å²) >= 11 is 0. The summed E-state index contributed by atoms with van der Waals surface area (Å²) in [5.74, 6) is 0.831. The second-order valence-electron chi connectivity index (χ2n) is 8.73. The van der Waals surface area contributed by atoms with Crippen molar-refractivity contribution in [1.29, 1.82) is 0 Å². The third kappa shape index (κ3) is 7.13. The topological polar surface area (TPSA) is 183 Å². The van der Waals surface area contributed by atoms with Gasteiger partial charge in [-0.2, -0.15) is 0 Å². The SMILES string of the molecule is CC(C)c1[nH]nc(O[C@@H]2O[C@H](CO)[C@@H](O)[C@H](O)[C@H]2O)c1Cc1ccc(OCCNS(C)(=O)=O)cc1. The molecule has 196 valence electrons. The van der Waals surface area contributed by atoms with Gasteiger partial charge in [-0.05, 0) is 23.6 Å². The summed E-state index contributed by atoms with van der Waals surface area (Å²) in [6, 6.07) is 7.24. The van der Waals surface area contributed by atoms with Crippen molar-refractivity contribution in [3.8, 4) is 11.6 Å². The van der Waals surface area contributed by atoms with Crippen molar-refractivity contribution in [2.75, 3.05) is 26.0 Å². The van der Waals surface area contributed by atoms with Gasteiger partial charge in [-0.3, -0.25) is 5.10 Å². The van der Waals surface area contributed by atoms with E-state index in [1.807, 2.05) is 26.0 Å². The molecule has 13 heteroatoms. The van der Waals surface area contributed by atoms with Crippen LogP contribution in [0.4, 0.5) is 0 Å².